The molecule has 0 atom stereocenters. The summed E-state index contributed by atoms with van der Waals surface area (Å²) >= 11 is 0. The first-order chi connectivity index (χ1) is 8.24. The second-order valence-electron chi connectivity index (χ2n) is 3.65. The summed E-state index contributed by atoms with van der Waals surface area (Å²) in [7, 11) is 0. The minimum Gasteiger partial charge on any atom is -0.329 e. The Labute approximate surface area is 101 Å². The van der Waals surface area contributed by atoms with Crippen molar-refractivity contribution in [2.45, 2.75) is 6.54 Å². The Morgan fingerprint density at radius 2 is 2.00 bits per heavy atom. The fourth-order valence-corrected chi connectivity index (χ4v) is 1.45. The van der Waals surface area contributed by atoms with E-state index in [0.29, 0.717) is 32.7 Å². The monoisotopic (exact) mass is 238 g/mol. The molecule has 0 saturated heterocycles. The Bertz CT molecular complexity index is 332. The molecule has 0 aliphatic carbocycles. The SMILES string of the molecule is NCCNCCN(Cc1ccccc1)[N+](=O)[O-]. The lowest BCUT2D eigenvalue weighted by Crippen LogP contribution is -2.37. The van der Waals surface area contributed by atoms with Crippen LogP contribution >= 0.6 is 0 Å². The predicted molar refractivity (Wildman–Crippen MR) is 65.8 cm³/mol. The Morgan fingerprint density at radius 1 is 1.29 bits per heavy atom. The topological polar surface area (TPSA) is 84.4 Å². The second kappa shape index (κ2) is 7.59. The van der Waals surface area contributed by atoms with Gasteiger partial charge in [0.15, 0.2) is 5.03 Å². The van der Waals surface area contributed by atoms with Crippen LogP contribution in [-0.4, -0.2) is 36.2 Å². The van der Waals surface area contributed by atoms with Gasteiger partial charge in [-0.15, -0.1) is 5.01 Å². The van der Waals surface area contributed by atoms with Crippen molar-refractivity contribution >= 4 is 0 Å². The van der Waals surface area contributed by atoms with Crippen molar-refractivity contribution in [1.82, 2.24) is 10.3 Å². The third-order valence-corrected chi connectivity index (χ3v) is 2.31. The standard InChI is InChI=1S/C11H18N4O2/c12-6-7-13-8-9-14(15(16)17)10-11-4-2-1-3-5-11/h1-5,13H,6-10,12H2. The van der Waals surface area contributed by atoms with Crippen molar-refractivity contribution in [3.63, 3.8) is 0 Å². The lowest BCUT2D eigenvalue weighted by Gasteiger charge is -2.14. The number of rotatable bonds is 8. The minimum atomic E-state index is -0.364. The molecule has 0 spiro atoms. The van der Waals surface area contributed by atoms with E-state index in [-0.39, 0.29) is 5.03 Å². The number of nitrogens with zero attached hydrogens (tertiary/aromatic N) is 2. The molecule has 0 amide bonds. The molecule has 1 aromatic rings. The van der Waals surface area contributed by atoms with Gasteiger partial charge < -0.3 is 11.1 Å². The maximum Gasteiger partial charge on any atom is 0.160 e. The zero-order chi connectivity index (χ0) is 12.5. The molecule has 0 saturated carbocycles. The largest absolute Gasteiger partial charge is 0.329 e. The third kappa shape index (κ3) is 5.28. The average Bonchev–Trinajstić information content (AvgIpc) is 2.34. The number of hydrogen-bond donors (Lipinski definition) is 2. The molecule has 0 heterocycles. The average molecular weight is 238 g/mol. The molecule has 6 heteroatoms. The van der Waals surface area contributed by atoms with Gasteiger partial charge in [-0.1, -0.05) is 30.3 Å². The zero-order valence-electron chi connectivity index (χ0n) is 9.71. The van der Waals surface area contributed by atoms with Crippen molar-refractivity contribution in [3.8, 4) is 0 Å². The first-order valence-electron chi connectivity index (χ1n) is 5.58. The Balaban J connectivity index is 2.41. The first kappa shape index (κ1) is 13.4. The molecule has 1 aromatic carbocycles. The zero-order valence-corrected chi connectivity index (χ0v) is 9.71. The molecular weight excluding hydrogens is 220 g/mol. The van der Waals surface area contributed by atoms with E-state index in [9.17, 15) is 10.1 Å². The molecule has 1 rings (SSSR count). The van der Waals surface area contributed by atoms with Crippen LogP contribution in [0.2, 0.25) is 0 Å². The normalized spacial score (nSPS) is 10.2. The van der Waals surface area contributed by atoms with Gasteiger partial charge in [0.1, 0.15) is 6.54 Å². The molecule has 0 aliphatic rings. The number of nitrogens with two attached hydrogens (primary N) is 1. The maximum atomic E-state index is 10.8. The lowest BCUT2D eigenvalue weighted by molar-refractivity contribution is -0.659. The van der Waals surface area contributed by atoms with Crippen LogP contribution < -0.4 is 11.1 Å². The van der Waals surface area contributed by atoms with Crippen LogP contribution in [0.15, 0.2) is 30.3 Å². The van der Waals surface area contributed by atoms with Gasteiger partial charge in [-0.3, -0.25) is 0 Å². The number of nitrogens with one attached hydrogen (secondary N) is 1. The fourth-order valence-electron chi connectivity index (χ4n) is 1.45. The molecule has 3 N–H and O–H groups in total. The van der Waals surface area contributed by atoms with Gasteiger partial charge in [-0.05, 0) is 5.56 Å². The van der Waals surface area contributed by atoms with E-state index in [1.165, 1.54) is 5.01 Å². The molecule has 0 bridgehead atoms. The van der Waals surface area contributed by atoms with Crippen LogP contribution in [0.5, 0.6) is 0 Å². The van der Waals surface area contributed by atoms with E-state index in [0.717, 1.165) is 5.56 Å². The molecule has 0 radical (unpaired) electrons. The number of benzene rings is 1. The van der Waals surface area contributed by atoms with Crippen LogP contribution in [0.4, 0.5) is 0 Å². The van der Waals surface area contributed by atoms with Crippen molar-refractivity contribution in [3.05, 3.63) is 46.0 Å². The Morgan fingerprint density at radius 3 is 2.59 bits per heavy atom. The van der Waals surface area contributed by atoms with E-state index >= 15 is 0 Å². The molecule has 0 aliphatic heterocycles. The molecule has 0 unspecified atom stereocenters. The van der Waals surface area contributed by atoms with Crippen LogP contribution in [0.3, 0.4) is 0 Å². The summed E-state index contributed by atoms with van der Waals surface area (Å²) in [4.78, 5) is 10.8. The summed E-state index contributed by atoms with van der Waals surface area (Å²) < 4.78 is 0. The molecular formula is C11H18N4O2. The number of hydrogen-bond acceptors (Lipinski definition) is 4. The van der Waals surface area contributed by atoms with E-state index in [2.05, 4.69) is 5.32 Å². The number of hydrazine groups is 1. The van der Waals surface area contributed by atoms with Gasteiger partial charge >= 0.3 is 0 Å². The summed E-state index contributed by atoms with van der Waals surface area (Å²) in [5.41, 5.74) is 6.25. The van der Waals surface area contributed by atoms with Crippen molar-refractivity contribution in [2.75, 3.05) is 26.2 Å². The summed E-state index contributed by atoms with van der Waals surface area (Å²) in [6, 6.07) is 9.40. The molecule has 17 heavy (non-hydrogen) atoms. The van der Waals surface area contributed by atoms with Crippen LogP contribution in [0.1, 0.15) is 5.56 Å². The van der Waals surface area contributed by atoms with Gasteiger partial charge in [0.25, 0.3) is 0 Å². The quantitative estimate of drug-likeness (QED) is 0.385. The molecule has 0 fully saturated rings. The van der Waals surface area contributed by atoms with Crippen LogP contribution in [-0.2, 0) is 6.54 Å². The summed E-state index contributed by atoms with van der Waals surface area (Å²) in [5, 5.41) is 14.7. The molecule has 94 valence electrons. The highest BCUT2D eigenvalue weighted by molar-refractivity contribution is 5.14. The van der Waals surface area contributed by atoms with E-state index in [1.54, 1.807) is 0 Å². The van der Waals surface area contributed by atoms with E-state index in [1.807, 2.05) is 30.3 Å². The highest BCUT2D eigenvalue weighted by atomic mass is 16.7. The lowest BCUT2D eigenvalue weighted by atomic mass is 10.2. The highest BCUT2D eigenvalue weighted by Gasteiger charge is 2.13. The van der Waals surface area contributed by atoms with Gasteiger partial charge in [0.2, 0.25) is 0 Å². The van der Waals surface area contributed by atoms with Crippen molar-refractivity contribution < 1.29 is 5.03 Å². The van der Waals surface area contributed by atoms with Gasteiger partial charge in [-0.2, -0.15) is 0 Å². The third-order valence-electron chi connectivity index (χ3n) is 2.31. The smallest absolute Gasteiger partial charge is 0.160 e. The maximum absolute atomic E-state index is 10.8. The van der Waals surface area contributed by atoms with Crippen molar-refractivity contribution in [2.24, 2.45) is 5.73 Å². The van der Waals surface area contributed by atoms with Gasteiger partial charge in [0.05, 0.1) is 6.54 Å². The van der Waals surface area contributed by atoms with Crippen LogP contribution in [0, 0.1) is 10.1 Å². The Kier molecular flexibility index (Phi) is 5.98. The second-order valence-corrected chi connectivity index (χ2v) is 3.65. The number of nitro groups is 1. The molecule has 6 nitrogen and oxygen atoms in total. The predicted octanol–water partition coefficient (Wildman–Crippen LogP) is 0.229. The van der Waals surface area contributed by atoms with Crippen LogP contribution in [0.25, 0.3) is 0 Å². The first-order valence-corrected chi connectivity index (χ1v) is 5.58. The Hall–Kier alpha value is -1.66. The summed E-state index contributed by atoms with van der Waals surface area (Å²) in [5.74, 6) is 0. The highest BCUT2D eigenvalue weighted by Crippen LogP contribution is 2.03. The summed E-state index contributed by atoms with van der Waals surface area (Å²) in [6.45, 7) is 2.46. The minimum absolute atomic E-state index is 0.318. The van der Waals surface area contributed by atoms with Gasteiger partial charge in [-0.25, -0.2) is 10.1 Å². The van der Waals surface area contributed by atoms with E-state index < -0.39 is 0 Å². The fraction of sp³-hybridized carbons (Fsp3) is 0.455. The summed E-state index contributed by atoms with van der Waals surface area (Å²) in [6.07, 6.45) is 0. The van der Waals surface area contributed by atoms with Crippen molar-refractivity contribution in [1.29, 1.82) is 0 Å². The van der Waals surface area contributed by atoms with Gasteiger partial charge in [0, 0.05) is 19.6 Å². The van der Waals surface area contributed by atoms with E-state index in [4.69, 9.17) is 5.73 Å². The molecule has 0 aromatic heterocycles.